The zero-order chi connectivity index (χ0) is 23.8. The van der Waals surface area contributed by atoms with Crippen molar-refractivity contribution in [1.82, 2.24) is 19.9 Å². The summed E-state index contributed by atoms with van der Waals surface area (Å²) in [7, 11) is 1.38. The summed E-state index contributed by atoms with van der Waals surface area (Å²) in [6.07, 6.45) is 0.886. The highest BCUT2D eigenvalue weighted by Gasteiger charge is 2.42. The van der Waals surface area contributed by atoms with Crippen molar-refractivity contribution in [3.05, 3.63) is 41.2 Å². The van der Waals surface area contributed by atoms with Crippen molar-refractivity contribution < 1.29 is 28.2 Å². The number of nitrogens with one attached hydrogen (secondary N) is 1. The normalized spacial score (nSPS) is 26.2. The third-order valence-corrected chi connectivity index (χ3v) is 6.31. The second-order valence-corrected chi connectivity index (χ2v) is 8.45. The molecule has 0 saturated carbocycles. The predicted molar refractivity (Wildman–Crippen MR) is 116 cm³/mol. The molecule has 0 radical (unpaired) electrons. The number of aromatic nitrogens is 3. The van der Waals surface area contributed by atoms with Crippen LogP contribution in [-0.4, -0.2) is 81.8 Å². The topological polar surface area (TPSA) is 122 Å². The Balaban J connectivity index is 1.46. The maximum Gasteiger partial charge on any atom is 0.273 e. The van der Waals surface area contributed by atoms with Crippen LogP contribution in [0.4, 0.5) is 14.6 Å². The van der Waals surface area contributed by atoms with Gasteiger partial charge in [-0.25, -0.2) is 23.7 Å². The van der Waals surface area contributed by atoms with Crippen molar-refractivity contribution in [1.29, 1.82) is 0 Å². The summed E-state index contributed by atoms with van der Waals surface area (Å²) >= 11 is 0. The monoisotopic (exact) mass is 474 g/mol. The average Bonchev–Trinajstić information content (AvgIpc) is 3.44. The van der Waals surface area contributed by atoms with E-state index >= 15 is 0 Å². The fourth-order valence-corrected chi connectivity index (χ4v) is 4.67. The molecule has 2 fully saturated rings. The number of alkyl halides is 1. The molecule has 180 valence electrons. The first-order chi connectivity index (χ1) is 16.5. The Morgan fingerprint density at radius 3 is 3.00 bits per heavy atom. The molecule has 0 aromatic carbocycles. The van der Waals surface area contributed by atoms with Gasteiger partial charge in [0.2, 0.25) is 5.88 Å². The molecule has 2 N–H and O–H groups in total. The number of fused-ring (bicyclic) bond motifs is 1. The second kappa shape index (κ2) is 9.18. The van der Waals surface area contributed by atoms with E-state index in [4.69, 9.17) is 9.47 Å². The van der Waals surface area contributed by atoms with Crippen LogP contribution in [0.2, 0.25) is 0 Å². The van der Waals surface area contributed by atoms with E-state index in [1.165, 1.54) is 24.4 Å². The lowest BCUT2D eigenvalue weighted by Gasteiger charge is -2.30. The molecule has 12 heteroatoms. The first-order valence-electron chi connectivity index (χ1n) is 11.0. The van der Waals surface area contributed by atoms with Crippen LogP contribution in [0.5, 0.6) is 5.88 Å². The lowest BCUT2D eigenvalue weighted by atomic mass is 10.0. The molecule has 34 heavy (non-hydrogen) atoms. The lowest BCUT2D eigenvalue weighted by molar-refractivity contribution is -0.125. The molecule has 5 heterocycles. The van der Waals surface area contributed by atoms with Crippen LogP contribution >= 0.6 is 0 Å². The number of ether oxygens (including phenoxy) is 2. The van der Waals surface area contributed by atoms with Gasteiger partial charge in [0.1, 0.15) is 29.8 Å². The number of rotatable bonds is 5. The van der Waals surface area contributed by atoms with E-state index in [9.17, 15) is 18.7 Å². The number of methoxy groups -OCH3 is 1. The van der Waals surface area contributed by atoms with Gasteiger partial charge < -0.3 is 24.8 Å². The standard InChI is InChI=1S/C22H24F2N6O4/c1-33-21-13(4-11(23)6-26-21)16-5-12(24)8-30(16)22(32)19-18-15(7-25-19)27-10-28-20(18)29-14-2-3-34-9-17(14)31/h4,6,10,12,14,16-17,31H,2-3,5,7-9H2,1H3,(H,27,28,29)/t12-,14+,16+,17+/m0/s1. The third-order valence-electron chi connectivity index (χ3n) is 6.31. The second-order valence-electron chi connectivity index (χ2n) is 8.45. The van der Waals surface area contributed by atoms with E-state index in [-0.39, 0.29) is 43.8 Å². The van der Waals surface area contributed by atoms with Gasteiger partial charge in [-0.2, -0.15) is 0 Å². The molecule has 1 amide bonds. The maximum atomic E-state index is 14.6. The maximum absolute atomic E-state index is 14.6. The largest absolute Gasteiger partial charge is 0.481 e. The number of carbonyl (C=O) groups is 1. The Morgan fingerprint density at radius 2 is 2.21 bits per heavy atom. The highest BCUT2D eigenvalue weighted by molar-refractivity contribution is 6.47. The number of halogens is 2. The van der Waals surface area contributed by atoms with Crippen LogP contribution in [0.15, 0.2) is 23.6 Å². The summed E-state index contributed by atoms with van der Waals surface area (Å²) in [4.78, 5) is 31.8. The summed E-state index contributed by atoms with van der Waals surface area (Å²) in [5.74, 6) is -0.617. The first kappa shape index (κ1) is 22.5. The molecule has 0 unspecified atom stereocenters. The molecule has 2 saturated heterocycles. The Bertz CT molecular complexity index is 1130. The molecule has 0 aliphatic carbocycles. The fourth-order valence-electron chi connectivity index (χ4n) is 4.67. The molecule has 0 bridgehead atoms. The van der Waals surface area contributed by atoms with Crippen molar-refractivity contribution in [2.24, 2.45) is 4.99 Å². The smallest absolute Gasteiger partial charge is 0.273 e. The number of hydrogen-bond acceptors (Lipinski definition) is 9. The summed E-state index contributed by atoms with van der Waals surface area (Å²) in [5.41, 5.74) is 1.38. The van der Waals surface area contributed by atoms with E-state index in [0.29, 0.717) is 35.7 Å². The number of aliphatic hydroxyl groups excluding tert-OH is 1. The average molecular weight is 474 g/mol. The van der Waals surface area contributed by atoms with Crippen LogP contribution in [0, 0.1) is 5.82 Å². The zero-order valence-corrected chi connectivity index (χ0v) is 18.4. The molecule has 3 aliphatic heterocycles. The van der Waals surface area contributed by atoms with Gasteiger partial charge in [0.15, 0.2) is 0 Å². The summed E-state index contributed by atoms with van der Waals surface area (Å²) in [6, 6.07) is 0.120. The first-order valence-corrected chi connectivity index (χ1v) is 11.0. The quantitative estimate of drug-likeness (QED) is 0.663. The number of carbonyl (C=O) groups excluding carboxylic acids is 1. The number of likely N-dealkylation sites (tertiary alicyclic amines) is 1. The number of anilines is 1. The molecule has 5 rings (SSSR count). The molecule has 2 aromatic heterocycles. The summed E-state index contributed by atoms with van der Waals surface area (Å²) in [6.45, 7) is 0.680. The number of nitrogens with zero attached hydrogens (tertiary/aromatic N) is 5. The van der Waals surface area contributed by atoms with Crippen molar-refractivity contribution in [3.8, 4) is 5.88 Å². The Labute approximate surface area is 194 Å². The van der Waals surface area contributed by atoms with Crippen molar-refractivity contribution in [2.75, 3.05) is 32.2 Å². The number of pyridine rings is 1. The van der Waals surface area contributed by atoms with Gasteiger partial charge in [0, 0.05) is 18.6 Å². The van der Waals surface area contributed by atoms with Gasteiger partial charge in [-0.1, -0.05) is 0 Å². The number of aliphatic imine (C=N–C) groups is 1. The van der Waals surface area contributed by atoms with Crippen molar-refractivity contribution in [2.45, 2.75) is 43.7 Å². The van der Waals surface area contributed by atoms with Crippen LogP contribution < -0.4 is 10.1 Å². The van der Waals surface area contributed by atoms with E-state index in [1.54, 1.807) is 0 Å². The van der Waals surface area contributed by atoms with E-state index in [2.05, 4.69) is 25.3 Å². The van der Waals surface area contributed by atoms with Crippen LogP contribution in [0.25, 0.3) is 0 Å². The molecule has 4 atom stereocenters. The van der Waals surface area contributed by atoms with Crippen LogP contribution in [-0.2, 0) is 16.1 Å². The Morgan fingerprint density at radius 1 is 1.35 bits per heavy atom. The Hall–Kier alpha value is -3.25. The summed E-state index contributed by atoms with van der Waals surface area (Å²) < 4.78 is 39.0. The number of aliphatic hydroxyl groups is 1. The van der Waals surface area contributed by atoms with Crippen LogP contribution in [0.3, 0.4) is 0 Å². The Kier molecular flexibility index (Phi) is 6.09. The lowest BCUT2D eigenvalue weighted by Crippen LogP contribution is -2.43. The molecule has 2 aromatic rings. The predicted octanol–water partition coefficient (Wildman–Crippen LogP) is 1.20. The van der Waals surface area contributed by atoms with Crippen LogP contribution in [0.1, 0.15) is 35.7 Å². The van der Waals surface area contributed by atoms with Gasteiger partial charge in [-0.15, -0.1) is 0 Å². The van der Waals surface area contributed by atoms with Gasteiger partial charge >= 0.3 is 0 Å². The molecule has 3 aliphatic rings. The SMILES string of the molecule is COc1ncc(F)cc1[C@H]1C[C@H](F)CN1C(=O)C1=NCc2ncnc(N[C@@H]3CCOC[C@H]3O)c21. The molecular formula is C22H24F2N6O4. The van der Waals surface area contributed by atoms with Gasteiger partial charge in [0.05, 0.1) is 62.4 Å². The third kappa shape index (κ3) is 4.07. The van der Waals surface area contributed by atoms with Gasteiger partial charge in [-0.3, -0.25) is 9.79 Å². The molecular weight excluding hydrogens is 450 g/mol. The molecule has 0 spiro atoms. The summed E-state index contributed by atoms with van der Waals surface area (Å²) in [5, 5.41) is 13.5. The van der Waals surface area contributed by atoms with Gasteiger partial charge in [-0.05, 0) is 12.5 Å². The van der Waals surface area contributed by atoms with Crippen molar-refractivity contribution >= 4 is 17.4 Å². The van der Waals surface area contributed by atoms with Crippen molar-refractivity contribution in [3.63, 3.8) is 0 Å². The molecule has 10 nitrogen and oxygen atoms in total. The highest BCUT2D eigenvalue weighted by atomic mass is 19.1. The van der Waals surface area contributed by atoms with Gasteiger partial charge in [0.25, 0.3) is 5.91 Å². The van der Waals surface area contributed by atoms with E-state index < -0.39 is 30.0 Å². The number of hydrogen-bond donors (Lipinski definition) is 2. The van der Waals surface area contributed by atoms with E-state index in [1.807, 2.05) is 0 Å². The number of amides is 1. The minimum Gasteiger partial charge on any atom is -0.481 e. The van der Waals surface area contributed by atoms with E-state index in [0.717, 1.165) is 6.20 Å². The minimum atomic E-state index is -1.30. The highest BCUT2D eigenvalue weighted by Crippen LogP contribution is 2.39. The fraction of sp³-hybridized carbons (Fsp3) is 0.500. The minimum absolute atomic E-state index is 0.0158. The zero-order valence-electron chi connectivity index (χ0n) is 18.4.